The minimum atomic E-state index is 0.313. The minimum Gasteiger partial charge on any atom is -0.381 e. The van der Waals surface area contributed by atoms with Gasteiger partial charge in [-0.1, -0.05) is 19.1 Å². The average Bonchev–Trinajstić information content (AvgIpc) is 2.95. The molecule has 0 amide bonds. The molecule has 0 saturated carbocycles. The maximum atomic E-state index is 11.8. The highest BCUT2D eigenvalue weighted by Crippen LogP contribution is 2.32. The third kappa shape index (κ3) is 6.48. The van der Waals surface area contributed by atoms with Crippen molar-refractivity contribution in [2.24, 2.45) is 0 Å². The zero-order valence-corrected chi connectivity index (χ0v) is 22.4. The molecule has 200 valence electrons. The Hall–Kier alpha value is -2.55. The van der Waals surface area contributed by atoms with E-state index in [4.69, 9.17) is 9.72 Å². The van der Waals surface area contributed by atoms with Gasteiger partial charge in [0.25, 0.3) is 0 Å². The molecular weight excluding hydrogens is 464 g/mol. The van der Waals surface area contributed by atoms with Crippen molar-refractivity contribution in [2.75, 3.05) is 57.1 Å². The highest BCUT2D eigenvalue weighted by atomic mass is 16.5. The van der Waals surface area contributed by atoms with E-state index in [9.17, 15) is 4.79 Å². The smallest absolute Gasteiger partial charge is 0.172 e. The summed E-state index contributed by atoms with van der Waals surface area (Å²) in [6.07, 6.45) is 8.45. The van der Waals surface area contributed by atoms with E-state index in [1.165, 1.54) is 57.4 Å². The third-order valence-electron chi connectivity index (χ3n) is 8.38. The van der Waals surface area contributed by atoms with Gasteiger partial charge in [-0.2, -0.15) is 0 Å². The number of nitrogens with zero attached hydrogens (tertiary/aromatic N) is 4. The number of likely N-dealkylation sites (tertiary alicyclic amines) is 2. The summed E-state index contributed by atoms with van der Waals surface area (Å²) in [6.45, 7) is 8.40. The molecule has 2 aromatic rings. The normalized spacial score (nSPS) is 21.1. The lowest BCUT2D eigenvalue weighted by Crippen LogP contribution is -2.46. The Morgan fingerprint density at radius 1 is 0.946 bits per heavy atom. The first-order valence-corrected chi connectivity index (χ1v) is 14.1. The van der Waals surface area contributed by atoms with Crippen LogP contribution in [-0.4, -0.2) is 84.6 Å². The Bertz CT molecular complexity index is 1020. The number of nitrogens with one attached hydrogen (secondary N) is 2. The van der Waals surface area contributed by atoms with Crippen LogP contribution in [0.3, 0.4) is 0 Å². The maximum Gasteiger partial charge on any atom is 0.172 e. The lowest BCUT2D eigenvalue weighted by molar-refractivity contribution is 0.0903. The van der Waals surface area contributed by atoms with Gasteiger partial charge in [-0.25, -0.2) is 9.97 Å². The molecule has 3 fully saturated rings. The van der Waals surface area contributed by atoms with E-state index in [2.05, 4.69) is 56.7 Å². The van der Waals surface area contributed by atoms with E-state index in [1.807, 2.05) is 6.92 Å². The average molecular weight is 507 g/mol. The molecular formula is C29H42N6O2. The Balaban J connectivity index is 1.22. The number of piperidine rings is 2. The molecule has 4 heterocycles. The monoisotopic (exact) mass is 506 g/mol. The highest BCUT2D eigenvalue weighted by Gasteiger charge is 2.28. The molecule has 1 aromatic heterocycles. The van der Waals surface area contributed by atoms with Crippen molar-refractivity contribution in [3.63, 3.8) is 0 Å². The first kappa shape index (κ1) is 26.1. The fourth-order valence-corrected chi connectivity index (χ4v) is 5.99. The van der Waals surface area contributed by atoms with Gasteiger partial charge in [0.1, 0.15) is 11.5 Å². The summed E-state index contributed by atoms with van der Waals surface area (Å²) < 4.78 is 5.48. The summed E-state index contributed by atoms with van der Waals surface area (Å²) in [5.74, 6) is 1.87. The van der Waals surface area contributed by atoms with Crippen LogP contribution in [0.2, 0.25) is 0 Å². The van der Waals surface area contributed by atoms with Crippen LogP contribution in [0.5, 0.6) is 0 Å². The number of aldehydes is 1. The zero-order valence-electron chi connectivity index (χ0n) is 22.4. The van der Waals surface area contributed by atoms with Crippen LogP contribution in [0.1, 0.15) is 73.1 Å². The Morgan fingerprint density at radius 2 is 1.65 bits per heavy atom. The van der Waals surface area contributed by atoms with Crippen molar-refractivity contribution >= 4 is 23.6 Å². The van der Waals surface area contributed by atoms with Crippen molar-refractivity contribution in [3.8, 4) is 0 Å². The SMILES string of the molecule is CCc1nc(C=O)c(Nc2ccc(C3CCN(C4CCN(C)CC4)CC3)cc2)nc1NC1CCOCC1. The number of aromatic nitrogens is 2. The maximum absolute atomic E-state index is 11.8. The van der Waals surface area contributed by atoms with Gasteiger partial charge >= 0.3 is 0 Å². The summed E-state index contributed by atoms with van der Waals surface area (Å²) in [5.41, 5.74) is 3.49. The Labute approximate surface area is 221 Å². The topological polar surface area (TPSA) is 82.6 Å². The van der Waals surface area contributed by atoms with Gasteiger partial charge in [0.05, 0.1) is 5.69 Å². The van der Waals surface area contributed by atoms with Gasteiger partial charge in [0, 0.05) is 31.0 Å². The molecule has 3 saturated heterocycles. The number of aryl methyl sites for hydroxylation is 1. The van der Waals surface area contributed by atoms with Crippen LogP contribution in [-0.2, 0) is 11.2 Å². The summed E-state index contributed by atoms with van der Waals surface area (Å²) in [4.78, 5) is 26.4. The number of ether oxygens (including phenoxy) is 1. The van der Waals surface area contributed by atoms with E-state index in [1.54, 1.807) is 0 Å². The number of carbonyl (C=O) groups is 1. The van der Waals surface area contributed by atoms with Gasteiger partial charge in [-0.3, -0.25) is 4.79 Å². The lowest BCUT2D eigenvalue weighted by Gasteiger charge is -2.41. The standard InChI is InChI=1S/C29H42N6O2/c1-3-26-28(31-24-12-18-37-19-13-24)33-29(27(20-36)32-26)30-23-6-4-21(5-7-23)22-8-16-35(17-9-22)25-10-14-34(2)15-11-25/h4-7,20,22,24-25H,3,8-19H2,1-2H3,(H2,30,31,33). The quantitative estimate of drug-likeness (QED) is 0.508. The summed E-state index contributed by atoms with van der Waals surface area (Å²) in [6, 6.07) is 9.75. The molecule has 0 aliphatic carbocycles. The molecule has 0 unspecified atom stereocenters. The van der Waals surface area contributed by atoms with E-state index in [0.717, 1.165) is 55.6 Å². The minimum absolute atomic E-state index is 0.313. The van der Waals surface area contributed by atoms with E-state index in [-0.39, 0.29) is 0 Å². The van der Waals surface area contributed by atoms with E-state index in [0.29, 0.717) is 29.9 Å². The molecule has 0 atom stereocenters. The van der Waals surface area contributed by atoms with Crippen molar-refractivity contribution in [2.45, 2.75) is 69.9 Å². The molecule has 8 nitrogen and oxygen atoms in total. The van der Waals surface area contributed by atoms with E-state index >= 15 is 0 Å². The van der Waals surface area contributed by atoms with E-state index < -0.39 is 0 Å². The summed E-state index contributed by atoms with van der Waals surface area (Å²) in [7, 11) is 2.23. The number of hydrogen-bond acceptors (Lipinski definition) is 8. The second kappa shape index (κ2) is 12.3. The summed E-state index contributed by atoms with van der Waals surface area (Å²) >= 11 is 0. The fraction of sp³-hybridized carbons (Fsp3) is 0.621. The van der Waals surface area contributed by atoms with Crippen LogP contribution in [0.25, 0.3) is 0 Å². The second-order valence-electron chi connectivity index (χ2n) is 10.8. The van der Waals surface area contributed by atoms with Crippen molar-refractivity contribution in [1.29, 1.82) is 0 Å². The molecule has 3 aliphatic heterocycles. The van der Waals surface area contributed by atoms with Gasteiger partial charge < -0.3 is 25.2 Å². The molecule has 0 spiro atoms. The van der Waals surface area contributed by atoms with Crippen LogP contribution >= 0.6 is 0 Å². The molecule has 2 N–H and O–H groups in total. The number of hydrogen-bond donors (Lipinski definition) is 2. The Kier molecular flexibility index (Phi) is 8.69. The van der Waals surface area contributed by atoms with Crippen molar-refractivity contribution < 1.29 is 9.53 Å². The van der Waals surface area contributed by atoms with Crippen LogP contribution in [0.4, 0.5) is 17.3 Å². The van der Waals surface area contributed by atoms with Crippen molar-refractivity contribution in [1.82, 2.24) is 19.8 Å². The van der Waals surface area contributed by atoms with Gasteiger partial charge in [-0.05, 0) is 102 Å². The number of anilines is 3. The first-order chi connectivity index (χ1) is 18.1. The third-order valence-corrected chi connectivity index (χ3v) is 8.38. The van der Waals surface area contributed by atoms with Crippen molar-refractivity contribution in [3.05, 3.63) is 41.2 Å². The summed E-state index contributed by atoms with van der Waals surface area (Å²) in [5, 5.41) is 6.90. The Morgan fingerprint density at radius 3 is 2.30 bits per heavy atom. The van der Waals surface area contributed by atoms with Gasteiger partial charge in [-0.15, -0.1) is 0 Å². The fourth-order valence-electron chi connectivity index (χ4n) is 5.99. The second-order valence-corrected chi connectivity index (χ2v) is 10.8. The van der Waals surface area contributed by atoms with Gasteiger partial charge in [0.15, 0.2) is 12.1 Å². The predicted molar refractivity (Wildman–Crippen MR) is 148 cm³/mol. The molecule has 1 aromatic carbocycles. The first-order valence-electron chi connectivity index (χ1n) is 14.1. The highest BCUT2D eigenvalue weighted by molar-refractivity contribution is 5.82. The largest absolute Gasteiger partial charge is 0.381 e. The van der Waals surface area contributed by atoms with Crippen LogP contribution in [0, 0.1) is 0 Å². The number of carbonyl (C=O) groups excluding carboxylic acids is 1. The van der Waals surface area contributed by atoms with Gasteiger partial charge in [0.2, 0.25) is 0 Å². The molecule has 0 bridgehead atoms. The number of benzene rings is 1. The molecule has 37 heavy (non-hydrogen) atoms. The molecule has 3 aliphatic rings. The number of rotatable bonds is 8. The lowest BCUT2D eigenvalue weighted by atomic mass is 9.88. The molecule has 5 rings (SSSR count). The predicted octanol–water partition coefficient (Wildman–Crippen LogP) is 4.46. The van der Waals surface area contributed by atoms with Crippen LogP contribution < -0.4 is 10.6 Å². The molecule has 8 heteroatoms. The molecule has 0 radical (unpaired) electrons. The van der Waals surface area contributed by atoms with Crippen LogP contribution in [0.15, 0.2) is 24.3 Å². The zero-order chi connectivity index (χ0) is 25.6.